The van der Waals surface area contributed by atoms with Crippen LogP contribution in [0.5, 0.6) is 0 Å². The highest BCUT2D eigenvalue weighted by Gasteiger charge is 2.15. The average Bonchev–Trinajstić information content (AvgIpc) is 3.23. The Morgan fingerprint density at radius 2 is 2.19 bits per heavy atom. The maximum Gasteiger partial charge on any atom is 0.297 e. The molecular formula is C16H14ClN7O2. The molecule has 0 fully saturated rings. The molecule has 3 aromatic heterocycles. The number of tetrazole rings is 1. The van der Waals surface area contributed by atoms with Crippen LogP contribution in [0.3, 0.4) is 0 Å². The molecule has 0 unspecified atom stereocenters. The van der Waals surface area contributed by atoms with Crippen LogP contribution in [0, 0.1) is 6.92 Å². The van der Waals surface area contributed by atoms with Crippen molar-refractivity contribution in [3.63, 3.8) is 0 Å². The third kappa shape index (κ3) is 2.93. The van der Waals surface area contributed by atoms with Crippen molar-refractivity contribution in [1.82, 2.24) is 30.2 Å². The number of rotatable bonds is 4. The van der Waals surface area contributed by atoms with E-state index in [1.54, 1.807) is 31.2 Å². The van der Waals surface area contributed by atoms with Gasteiger partial charge in [-0.25, -0.2) is 0 Å². The van der Waals surface area contributed by atoms with Crippen LogP contribution in [0.1, 0.15) is 24.4 Å². The van der Waals surface area contributed by atoms with Crippen LogP contribution in [0.2, 0.25) is 5.02 Å². The van der Waals surface area contributed by atoms with E-state index in [1.807, 2.05) is 6.92 Å². The smallest absolute Gasteiger partial charge is 0.297 e. The highest BCUT2D eigenvalue weighted by atomic mass is 35.5. The van der Waals surface area contributed by atoms with Crippen LogP contribution in [0.25, 0.3) is 16.7 Å². The Bertz CT molecular complexity index is 1150. The van der Waals surface area contributed by atoms with Crippen LogP contribution in [-0.2, 0) is 0 Å². The molecule has 4 rings (SSSR count). The van der Waals surface area contributed by atoms with E-state index in [1.165, 1.54) is 10.9 Å². The number of anilines is 1. The van der Waals surface area contributed by atoms with E-state index < -0.39 is 0 Å². The first-order valence-corrected chi connectivity index (χ1v) is 8.19. The van der Waals surface area contributed by atoms with Gasteiger partial charge in [0.25, 0.3) is 11.6 Å². The number of fused-ring (bicyclic) bond motifs is 1. The molecular weight excluding hydrogens is 358 g/mol. The third-order valence-corrected chi connectivity index (χ3v) is 4.21. The lowest BCUT2D eigenvalue weighted by Crippen LogP contribution is -2.19. The molecule has 0 saturated heterocycles. The summed E-state index contributed by atoms with van der Waals surface area (Å²) >= 11 is 6.03. The number of halogens is 1. The van der Waals surface area contributed by atoms with Crippen molar-refractivity contribution in [2.24, 2.45) is 0 Å². The van der Waals surface area contributed by atoms with Gasteiger partial charge in [-0.3, -0.25) is 4.79 Å². The van der Waals surface area contributed by atoms with Gasteiger partial charge in [0.1, 0.15) is 6.26 Å². The Morgan fingerprint density at radius 3 is 2.96 bits per heavy atom. The lowest BCUT2D eigenvalue weighted by molar-refractivity contribution is 0.561. The summed E-state index contributed by atoms with van der Waals surface area (Å²) in [7, 11) is 0. The fraction of sp³-hybridized carbons (Fsp3) is 0.188. The van der Waals surface area contributed by atoms with E-state index in [4.69, 9.17) is 16.0 Å². The topological polar surface area (TPSA) is 115 Å². The maximum atomic E-state index is 12.4. The summed E-state index contributed by atoms with van der Waals surface area (Å²) in [6.45, 7) is 3.59. The Labute approximate surface area is 152 Å². The Balaban J connectivity index is 1.62. The number of aryl methyl sites for hydroxylation is 1. The van der Waals surface area contributed by atoms with Gasteiger partial charge in [0.15, 0.2) is 11.6 Å². The number of aromatic nitrogens is 6. The average molecular weight is 372 g/mol. The minimum Gasteiger partial charge on any atom is -0.430 e. The third-order valence-electron chi connectivity index (χ3n) is 3.98. The fourth-order valence-electron chi connectivity index (χ4n) is 2.65. The van der Waals surface area contributed by atoms with Crippen LogP contribution < -0.4 is 10.9 Å². The van der Waals surface area contributed by atoms with Crippen molar-refractivity contribution in [3.8, 4) is 5.82 Å². The number of nitrogens with zero attached hydrogens (tertiary/aromatic N) is 5. The van der Waals surface area contributed by atoms with Gasteiger partial charge in [-0.05, 0) is 48.5 Å². The summed E-state index contributed by atoms with van der Waals surface area (Å²) in [5.74, 6) is 1.03. The van der Waals surface area contributed by atoms with Gasteiger partial charge in [-0.1, -0.05) is 11.6 Å². The van der Waals surface area contributed by atoms with Gasteiger partial charge >= 0.3 is 0 Å². The van der Waals surface area contributed by atoms with Crippen LogP contribution >= 0.6 is 11.6 Å². The predicted molar refractivity (Wildman–Crippen MR) is 95.6 cm³/mol. The molecule has 0 bridgehead atoms. The molecule has 2 N–H and O–H groups in total. The lowest BCUT2D eigenvalue weighted by Gasteiger charge is -2.12. The van der Waals surface area contributed by atoms with E-state index in [9.17, 15) is 4.79 Å². The second-order valence-corrected chi connectivity index (χ2v) is 6.24. The molecule has 0 aliphatic heterocycles. The molecule has 26 heavy (non-hydrogen) atoms. The minimum atomic E-state index is -0.344. The van der Waals surface area contributed by atoms with Crippen molar-refractivity contribution >= 4 is 28.5 Å². The number of H-pyrrole nitrogens is 1. The van der Waals surface area contributed by atoms with E-state index >= 15 is 0 Å². The Hall–Kier alpha value is -3.20. The lowest BCUT2D eigenvalue weighted by atomic mass is 10.1. The van der Waals surface area contributed by atoms with Gasteiger partial charge in [0.2, 0.25) is 0 Å². The zero-order valence-corrected chi connectivity index (χ0v) is 14.7. The zero-order chi connectivity index (χ0) is 18.3. The quantitative estimate of drug-likeness (QED) is 0.566. The summed E-state index contributed by atoms with van der Waals surface area (Å²) in [5.41, 5.74) is 1.07. The van der Waals surface area contributed by atoms with Gasteiger partial charge < -0.3 is 14.7 Å². The number of hydrogen-bond donors (Lipinski definition) is 2. The molecule has 0 spiro atoms. The van der Waals surface area contributed by atoms with Gasteiger partial charge in [0.05, 0.1) is 6.04 Å². The van der Waals surface area contributed by atoms with Gasteiger partial charge in [-0.2, -0.15) is 9.67 Å². The second kappa shape index (κ2) is 6.26. The number of aromatic amines is 1. The first-order chi connectivity index (χ1) is 12.5. The van der Waals surface area contributed by atoms with Gasteiger partial charge in [-0.15, -0.1) is 5.10 Å². The standard InChI is InChI=1S/C16H14ClN7O2/c1-8(12-6-10-5-11(17)3-4-13(10)19-15(12)25)18-16-20-14(7-26-16)24-9(2)21-22-23-24/h3-8H,1-2H3,(H,18,20)(H,19,25)/t8-/m0/s1. The maximum absolute atomic E-state index is 12.4. The van der Waals surface area contributed by atoms with Crippen LogP contribution in [0.4, 0.5) is 6.01 Å². The number of hydrogen-bond acceptors (Lipinski definition) is 7. The Kier molecular flexibility index (Phi) is 3.92. The molecule has 0 radical (unpaired) electrons. The van der Waals surface area contributed by atoms with Crippen molar-refractivity contribution in [2.45, 2.75) is 19.9 Å². The molecule has 0 saturated carbocycles. The number of nitrogens with one attached hydrogen (secondary N) is 2. The van der Waals surface area contributed by atoms with Crippen LogP contribution in [-0.4, -0.2) is 30.2 Å². The monoisotopic (exact) mass is 371 g/mol. The predicted octanol–water partition coefficient (Wildman–Crippen LogP) is 2.63. The first kappa shape index (κ1) is 16.3. The minimum absolute atomic E-state index is 0.192. The highest BCUT2D eigenvalue weighted by Crippen LogP contribution is 2.22. The molecule has 10 heteroatoms. The van der Waals surface area contributed by atoms with Crippen molar-refractivity contribution in [3.05, 3.63) is 57.3 Å². The van der Waals surface area contributed by atoms with E-state index in [-0.39, 0.29) is 17.6 Å². The Morgan fingerprint density at radius 1 is 1.35 bits per heavy atom. The summed E-state index contributed by atoms with van der Waals surface area (Å²) < 4.78 is 6.86. The normalized spacial score (nSPS) is 12.4. The summed E-state index contributed by atoms with van der Waals surface area (Å²) in [6.07, 6.45) is 1.43. The molecule has 132 valence electrons. The van der Waals surface area contributed by atoms with Crippen molar-refractivity contribution in [1.29, 1.82) is 0 Å². The summed E-state index contributed by atoms with van der Waals surface area (Å²) in [5, 5.41) is 15.7. The number of benzene rings is 1. The first-order valence-electron chi connectivity index (χ1n) is 7.81. The van der Waals surface area contributed by atoms with E-state index in [0.29, 0.717) is 22.2 Å². The largest absolute Gasteiger partial charge is 0.430 e. The molecule has 1 atom stereocenters. The SMILES string of the molecule is Cc1nnnn1-c1coc(N[C@@H](C)c2cc3cc(Cl)ccc3[nH]c2=O)n1. The summed E-state index contributed by atoms with van der Waals surface area (Å²) in [6, 6.07) is 7.02. The molecule has 0 aliphatic carbocycles. The van der Waals surface area contributed by atoms with Crippen LogP contribution in [0.15, 0.2) is 39.7 Å². The van der Waals surface area contributed by atoms with E-state index in [2.05, 4.69) is 30.8 Å². The number of pyridine rings is 1. The highest BCUT2D eigenvalue weighted by molar-refractivity contribution is 6.31. The van der Waals surface area contributed by atoms with E-state index in [0.717, 1.165) is 10.9 Å². The van der Waals surface area contributed by atoms with Crippen molar-refractivity contribution < 1.29 is 4.42 Å². The molecule has 0 amide bonds. The fourth-order valence-corrected chi connectivity index (χ4v) is 2.83. The second-order valence-electron chi connectivity index (χ2n) is 5.80. The van der Waals surface area contributed by atoms with Gasteiger partial charge in [0, 0.05) is 21.5 Å². The summed E-state index contributed by atoms with van der Waals surface area (Å²) in [4.78, 5) is 19.5. The molecule has 0 aliphatic rings. The molecule has 3 heterocycles. The van der Waals surface area contributed by atoms with Crippen molar-refractivity contribution in [2.75, 3.05) is 5.32 Å². The molecule has 1 aromatic carbocycles. The number of oxazole rings is 1. The molecule has 4 aromatic rings. The molecule has 9 nitrogen and oxygen atoms in total. The zero-order valence-electron chi connectivity index (χ0n) is 13.9.